The van der Waals surface area contributed by atoms with Crippen LogP contribution in [-0.2, 0) is 0 Å². The van der Waals surface area contributed by atoms with Crippen LogP contribution >= 0.6 is 15.9 Å². The molecule has 1 aliphatic rings. The lowest BCUT2D eigenvalue weighted by molar-refractivity contribution is 0.0658. The number of hydrogen-bond acceptors (Lipinski definition) is 3. The Bertz CT molecular complexity index is 501. The van der Waals surface area contributed by atoms with Gasteiger partial charge in [0.2, 0.25) is 0 Å². The first-order valence-corrected chi connectivity index (χ1v) is 7.35. The van der Waals surface area contributed by atoms with Gasteiger partial charge in [-0.25, -0.2) is 9.78 Å². The average Bonchev–Trinajstić information content (AvgIpc) is 2.47. The van der Waals surface area contributed by atoms with Crippen LogP contribution in [0.25, 0.3) is 0 Å². The van der Waals surface area contributed by atoms with E-state index < -0.39 is 0 Å². The summed E-state index contributed by atoms with van der Waals surface area (Å²) in [5.74, 6) is -0.104. The maximum atomic E-state index is 12.3. The molecule has 0 spiro atoms. The highest BCUT2D eigenvalue weighted by Gasteiger charge is 2.26. The Morgan fingerprint density at radius 1 is 1.30 bits per heavy atom. The summed E-state index contributed by atoms with van der Waals surface area (Å²) in [6.07, 6.45) is 1.60. The van der Waals surface area contributed by atoms with E-state index in [1.165, 1.54) is 0 Å². The summed E-state index contributed by atoms with van der Waals surface area (Å²) in [7, 11) is 0. The van der Waals surface area contributed by atoms with Gasteiger partial charge < -0.3 is 15.1 Å². The Balaban J connectivity index is 1.96. The van der Waals surface area contributed by atoms with Gasteiger partial charge in [0.15, 0.2) is 0 Å². The summed E-state index contributed by atoms with van der Waals surface area (Å²) in [5.41, 5.74) is 0.416. The van der Waals surface area contributed by atoms with Gasteiger partial charge in [0.05, 0.1) is 0 Å². The van der Waals surface area contributed by atoms with Gasteiger partial charge in [-0.2, -0.15) is 0 Å². The fourth-order valence-corrected chi connectivity index (χ4v) is 2.49. The van der Waals surface area contributed by atoms with E-state index in [0.29, 0.717) is 42.9 Å². The van der Waals surface area contributed by atoms with Crippen LogP contribution in [0.3, 0.4) is 0 Å². The Hall–Kier alpha value is -1.63. The van der Waals surface area contributed by atoms with Gasteiger partial charge in [-0.1, -0.05) is 0 Å². The summed E-state index contributed by atoms with van der Waals surface area (Å²) < 4.78 is 0.691. The highest BCUT2D eigenvalue weighted by Crippen LogP contribution is 2.16. The third-order valence-corrected chi connectivity index (χ3v) is 3.78. The fourth-order valence-electron chi connectivity index (χ4n) is 2.07. The van der Waals surface area contributed by atoms with Crippen molar-refractivity contribution in [3.63, 3.8) is 0 Å². The number of carbonyl (C=O) groups is 2. The normalized spacial score (nSPS) is 15.1. The molecular formula is C13H17BrN4O2. The van der Waals surface area contributed by atoms with E-state index in [1.54, 1.807) is 28.1 Å². The number of hydrogen-bond donors (Lipinski definition) is 1. The lowest BCUT2D eigenvalue weighted by Gasteiger charge is -2.34. The second-order valence-electron chi connectivity index (χ2n) is 4.45. The third kappa shape index (κ3) is 3.27. The number of nitrogens with zero attached hydrogens (tertiary/aromatic N) is 3. The van der Waals surface area contributed by atoms with E-state index in [2.05, 4.69) is 26.2 Å². The predicted molar refractivity (Wildman–Crippen MR) is 78.5 cm³/mol. The second kappa shape index (κ2) is 6.69. The van der Waals surface area contributed by atoms with Crippen molar-refractivity contribution in [3.8, 4) is 0 Å². The number of halogens is 1. The van der Waals surface area contributed by atoms with Crippen molar-refractivity contribution in [3.05, 3.63) is 28.5 Å². The van der Waals surface area contributed by atoms with Crippen molar-refractivity contribution in [1.82, 2.24) is 20.1 Å². The molecule has 0 saturated carbocycles. The Morgan fingerprint density at radius 3 is 2.55 bits per heavy atom. The standard InChI is InChI=1S/C13H17BrN4O2/c1-2-15-13(20)18-8-6-17(7-9-18)12(19)11-10(14)4-3-5-16-11/h3-5H,2,6-9H2,1H3,(H,15,20). The van der Waals surface area contributed by atoms with Gasteiger partial charge in [0, 0.05) is 43.4 Å². The molecule has 1 aromatic heterocycles. The Labute approximate surface area is 126 Å². The zero-order valence-corrected chi connectivity index (χ0v) is 12.9. The van der Waals surface area contributed by atoms with E-state index in [9.17, 15) is 9.59 Å². The number of nitrogens with one attached hydrogen (secondary N) is 1. The Morgan fingerprint density at radius 2 is 1.95 bits per heavy atom. The molecule has 0 radical (unpaired) electrons. The highest BCUT2D eigenvalue weighted by atomic mass is 79.9. The first-order valence-electron chi connectivity index (χ1n) is 6.56. The molecule has 2 rings (SSSR count). The van der Waals surface area contributed by atoms with Crippen LogP contribution in [0.5, 0.6) is 0 Å². The number of urea groups is 1. The number of carbonyl (C=O) groups excluding carboxylic acids is 2. The summed E-state index contributed by atoms with van der Waals surface area (Å²) in [4.78, 5) is 31.6. The van der Waals surface area contributed by atoms with Crippen LogP contribution in [0.4, 0.5) is 4.79 Å². The van der Waals surface area contributed by atoms with E-state index in [-0.39, 0.29) is 11.9 Å². The molecule has 3 amide bonds. The van der Waals surface area contributed by atoms with Crippen LogP contribution in [0, 0.1) is 0 Å². The van der Waals surface area contributed by atoms with E-state index in [4.69, 9.17) is 0 Å². The minimum Gasteiger partial charge on any atom is -0.338 e. The zero-order valence-electron chi connectivity index (χ0n) is 11.3. The number of amides is 3. The maximum Gasteiger partial charge on any atom is 0.317 e. The summed E-state index contributed by atoms with van der Waals surface area (Å²) in [6.45, 7) is 4.64. The first-order chi connectivity index (χ1) is 9.63. The SMILES string of the molecule is CCNC(=O)N1CCN(C(=O)c2ncccc2Br)CC1. The van der Waals surface area contributed by atoms with Crippen molar-refractivity contribution in [2.24, 2.45) is 0 Å². The van der Waals surface area contributed by atoms with Gasteiger partial charge in [-0.05, 0) is 35.0 Å². The van der Waals surface area contributed by atoms with Crippen molar-refractivity contribution in [1.29, 1.82) is 0 Å². The second-order valence-corrected chi connectivity index (χ2v) is 5.30. The average molecular weight is 341 g/mol. The number of piperazine rings is 1. The summed E-state index contributed by atoms with van der Waals surface area (Å²) >= 11 is 3.33. The molecule has 2 heterocycles. The monoisotopic (exact) mass is 340 g/mol. The van der Waals surface area contributed by atoms with Crippen molar-refractivity contribution in [2.45, 2.75) is 6.92 Å². The van der Waals surface area contributed by atoms with E-state index in [0.717, 1.165) is 0 Å². The van der Waals surface area contributed by atoms with E-state index in [1.807, 2.05) is 6.92 Å². The quantitative estimate of drug-likeness (QED) is 0.883. The molecule has 1 fully saturated rings. The summed E-state index contributed by atoms with van der Waals surface area (Å²) in [5, 5.41) is 2.76. The molecule has 0 atom stereocenters. The van der Waals surface area contributed by atoms with Crippen LogP contribution in [0.2, 0.25) is 0 Å². The molecule has 108 valence electrons. The molecule has 0 aromatic carbocycles. The largest absolute Gasteiger partial charge is 0.338 e. The lowest BCUT2D eigenvalue weighted by atomic mass is 10.2. The first kappa shape index (κ1) is 14.8. The maximum absolute atomic E-state index is 12.3. The van der Waals surface area contributed by atoms with Gasteiger partial charge in [-0.3, -0.25) is 4.79 Å². The molecule has 1 aliphatic heterocycles. The number of rotatable bonds is 2. The molecule has 6 nitrogen and oxygen atoms in total. The molecule has 0 aliphatic carbocycles. The van der Waals surface area contributed by atoms with E-state index >= 15 is 0 Å². The predicted octanol–water partition coefficient (Wildman–Crippen LogP) is 1.33. The number of aromatic nitrogens is 1. The van der Waals surface area contributed by atoms with Gasteiger partial charge in [-0.15, -0.1) is 0 Å². The number of pyridine rings is 1. The van der Waals surface area contributed by atoms with Crippen LogP contribution in [-0.4, -0.2) is 59.4 Å². The zero-order chi connectivity index (χ0) is 14.5. The minimum atomic E-state index is -0.104. The van der Waals surface area contributed by atoms with Crippen LogP contribution in [0.15, 0.2) is 22.8 Å². The molecule has 1 saturated heterocycles. The van der Waals surface area contributed by atoms with Gasteiger partial charge >= 0.3 is 6.03 Å². The third-order valence-electron chi connectivity index (χ3n) is 3.14. The van der Waals surface area contributed by atoms with Crippen molar-refractivity contribution >= 4 is 27.9 Å². The smallest absolute Gasteiger partial charge is 0.317 e. The summed E-state index contributed by atoms with van der Waals surface area (Å²) in [6, 6.07) is 3.50. The van der Waals surface area contributed by atoms with Crippen molar-refractivity contribution < 1.29 is 9.59 Å². The lowest BCUT2D eigenvalue weighted by Crippen LogP contribution is -2.53. The molecule has 7 heteroatoms. The van der Waals surface area contributed by atoms with Crippen LogP contribution in [0.1, 0.15) is 17.4 Å². The Kier molecular flexibility index (Phi) is 4.94. The molecular weight excluding hydrogens is 324 g/mol. The van der Waals surface area contributed by atoms with Crippen LogP contribution < -0.4 is 5.32 Å². The molecule has 0 bridgehead atoms. The highest BCUT2D eigenvalue weighted by molar-refractivity contribution is 9.10. The molecule has 0 unspecified atom stereocenters. The van der Waals surface area contributed by atoms with Crippen molar-refractivity contribution in [2.75, 3.05) is 32.7 Å². The molecule has 1 N–H and O–H groups in total. The fraction of sp³-hybridized carbons (Fsp3) is 0.462. The molecule has 1 aromatic rings. The minimum absolute atomic E-state index is 0.0707. The molecule has 20 heavy (non-hydrogen) atoms. The van der Waals surface area contributed by atoms with Gasteiger partial charge in [0.1, 0.15) is 5.69 Å². The topological polar surface area (TPSA) is 65.5 Å². The van der Waals surface area contributed by atoms with Gasteiger partial charge in [0.25, 0.3) is 5.91 Å².